The number of rotatable bonds is 3. The number of amides is 1. The molecule has 1 saturated heterocycles. The van der Waals surface area contributed by atoms with Crippen molar-refractivity contribution in [3.05, 3.63) is 30.0 Å². The first-order chi connectivity index (χ1) is 11.7. The van der Waals surface area contributed by atoms with Crippen LogP contribution in [0, 0.1) is 12.3 Å². The topological polar surface area (TPSA) is 61.4 Å². The molecule has 1 N–H and O–H groups in total. The van der Waals surface area contributed by atoms with Crippen molar-refractivity contribution >= 4 is 22.5 Å². The lowest BCUT2D eigenvalue weighted by atomic mass is 10.1. The van der Waals surface area contributed by atoms with Gasteiger partial charge in [-0.1, -0.05) is 30.2 Å². The number of anilines is 1. The van der Waals surface area contributed by atoms with Gasteiger partial charge < -0.3 is 15.1 Å². The first-order valence-corrected chi connectivity index (χ1v) is 8.11. The van der Waals surface area contributed by atoms with E-state index < -0.39 is 0 Å². The summed E-state index contributed by atoms with van der Waals surface area (Å²) in [5, 5.41) is 13.0. The number of fused-ring (bicyclic) bond motifs is 1. The van der Waals surface area contributed by atoms with Crippen molar-refractivity contribution in [2.75, 3.05) is 44.7 Å². The zero-order chi connectivity index (χ0) is 16.9. The van der Waals surface area contributed by atoms with Gasteiger partial charge in [-0.25, -0.2) is 0 Å². The van der Waals surface area contributed by atoms with E-state index in [1.807, 2.05) is 24.3 Å². The summed E-state index contributed by atoms with van der Waals surface area (Å²) in [6, 6.07) is 7.76. The van der Waals surface area contributed by atoms with Crippen LogP contribution in [0.4, 0.5) is 5.82 Å². The van der Waals surface area contributed by atoms with E-state index in [1.54, 1.807) is 0 Å². The van der Waals surface area contributed by atoms with Crippen molar-refractivity contribution in [2.24, 2.45) is 0 Å². The lowest BCUT2D eigenvalue weighted by Gasteiger charge is -2.23. The average molecular weight is 323 g/mol. The molecule has 0 unspecified atom stereocenters. The van der Waals surface area contributed by atoms with E-state index in [0.29, 0.717) is 5.69 Å². The highest BCUT2D eigenvalue weighted by atomic mass is 16.1. The van der Waals surface area contributed by atoms with Crippen LogP contribution in [0.2, 0.25) is 0 Å². The number of hydrogen-bond acceptors (Lipinski definition) is 5. The zero-order valence-electron chi connectivity index (χ0n) is 13.8. The maximum absolute atomic E-state index is 12.3. The summed E-state index contributed by atoms with van der Waals surface area (Å²) < 4.78 is 0. The molecule has 124 valence electrons. The normalized spacial score (nSPS) is 15.8. The maximum Gasteiger partial charge on any atom is 0.273 e. The van der Waals surface area contributed by atoms with Crippen LogP contribution < -0.4 is 10.2 Å². The number of nitrogens with one attached hydrogen (secondary N) is 1. The molecule has 24 heavy (non-hydrogen) atoms. The second-order valence-corrected chi connectivity index (χ2v) is 5.95. The quantitative estimate of drug-likeness (QED) is 0.858. The number of carbonyl (C=O) groups is 1. The number of hydrogen-bond donors (Lipinski definition) is 1. The first kappa shape index (κ1) is 16.2. The zero-order valence-corrected chi connectivity index (χ0v) is 13.8. The molecule has 1 aliphatic heterocycles. The highest BCUT2D eigenvalue weighted by Crippen LogP contribution is 2.26. The monoisotopic (exact) mass is 323 g/mol. The summed E-state index contributed by atoms with van der Waals surface area (Å²) in [5.41, 5.74) is 0.316. The Morgan fingerprint density at radius 1 is 1.21 bits per heavy atom. The fraction of sp³-hybridized carbons (Fsp3) is 0.389. The van der Waals surface area contributed by atoms with Crippen molar-refractivity contribution in [3.8, 4) is 12.3 Å². The third-order valence-electron chi connectivity index (χ3n) is 4.25. The largest absolute Gasteiger partial charge is 0.353 e. The fourth-order valence-electron chi connectivity index (χ4n) is 2.96. The van der Waals surface area contributed by atoms with Crippen LogP contribution in [0.1, 0.15) is 16.9 Å². The maximum atomic E-state index is 12.3. The van der Waals surface area contributed by atoms with Crippen LogP contribution in [-0.4, -0.2) is 60.8 Å². The fourth-order valence-corrected chi connectivity index (χ4v) is 2.96. The van der Waals surface area contributed by atoms with Gasteiger partial charge in [0.15, 0.2) is 11.5 Å². The number of nitrogens with zero attached hydrogens (tertiary/aromatic N) is 4. The molecule has 2 heterocycles. The highest BCUT2D eigenvalue weighted by Gasteiger charge is 2.20. The van der Waals surface area contributed by atoms with E-state index >= 15 is 0 Å². The number of benzene rings is 1. The molecule has 1 aromatic heterocycles. The molecular formula is C18H21N5O. The lowest BCUT2D eigenvalue weighted by molar-refractivity contribution is 0.0954. The average Bonchev–Trinajstić information content (AvgIpc) is 2.83. The molecule has 0 spiro atoms. The van der Waals surface area contributed by atoms with Gasteiger partial charge in [-0.15, -0.1) is 16.6 Å². The van der Waals surface area contributed by atoms with E-state index in [9.17, 15) is 4.79 Å². The van der Waals surface area contributed by atoms with Crippen LogP contribution >= 0.6 is 0 Å². The Kier molecular flexibility index (Phi) is 4.92. The van der Waals surface area contributed by atoms with Crippen LogP contribution in [0.5, 0.6) is 0 Å². The smallest absolute Gasteiger partial charge is 0.273 e. The Balaban J connectivity index is 1.99. The summed E-state index contributed by atoms with van der Waals surface area (Å²) in [7, 11) is 2.13. The Bertz CT molecular complexity index is 783. The SMILES string of the molecule is C#CCNC(=O)c1nnc(N2CCCN(C)CC2)c2ccccc12. The summed E-state index contributed by atoms with van der Waals surface area (Å²) in [5.74, 6) is 2.95. The Hall–Kier alpha value is -2.65. The van der Waals surface area contributed by atoms with Gasteiger partial charge in [0.2, 0.25) is 0 Å². The van der Waals surface area contributed by atoms with E-state index in [0.717, 1.165) is 49.2 Å². The van der Waals surface area contributed by atoms with Gasteiger partial charge >= 0.3 is 0 Å². The van der Waals surface area contributed by atoms with Gasteiger partial charge in [-0.2, -0.15) is 0 Å². The molecule has 0 atom stereocenters. The predicted molar refractivity (Wildman–Crippen MR) is 95.0 cm³/mol. The molecule has 0 bridgehead atoms. The van der Waals surface area contributed by atoms with Crippen LogP contribution in [0.15, 0.2) is 24.3 Å². The second kappa shape index (κ2) is 7.28. The van der Waals surface area contributed by atoms with Crippen molar-refractivity contribution in [1.29, 1.82) is 0 Å². The highest BCUT2D eigenvalue weighted by molar-refractivity contribution is 6.07. The van der Waals surface area contributed by atoms with E-state index in [4.69, 9.17) is 6.42 Å². The standard InChI is InChI=1S/C18H21N5O/c1-3-9-19-18(24)16-14-7-4-5-8-15(14)17(21-20-16)23-11-6-10-22(2)12-13-23/h1,4-5,7-8H,6,9-13H2,2H3,(H,19,24). The van der Waals surface area contributed by atoms with Crippen molar-refractivity contribution in [3.63, 3.8) is 0 Å². The minimum absolute atomic E-state index is 0.176. The van der Waals surface area contributed by atoms with Gasteiger partial charge in [0.1, 0.15) is 0 Å². The number of likely N-dealkylation sites (N-methyl/N-ethyl adjacent to an activating group) is 1. The Morgan fingerprint density at radius 2 is 2.00 bits per heavy atom. The van der Waals surface area contributed by atoms with Gasteiger partial charge in [-0.3, -0.25) is 4.79 Å². The molecule has 6 nitrogen and oxygen atoms in total. The number of terminal acetylenes is 1. The summed E-state index contributed by atoms with van der Waals surface area (Å²) in [6.45, 7) is 4.08. The third kappa shape index (κ3) is 3.31. The molecule has 1 fully saturated rings. The summed E-state index contributed by atoms with van der Waals surface area (Å²) in [6.07, 6.45) is 6.28. The van der Waals surface area contributed by atoms with Gasteiger partial charge in [0, 0.05) is 30.4 Å². The number of carbonyl (C=O) groups excluding carboxylic acids is 1. The van der Waals surface area contributed by atoms with Crippen molar-refractivity contribution in [1.82, 2.24) is 20.4 Å². The molecule has 1 aliphatic rings. The Labute approximate surface area is 141 Å². The molecule has 0 saturated carbocycles. The molecular weight excluding hydrogens is 302 g/mol. The van der Waals surface area contributed by atoms with E-state index in [-0.39, 0.29) is 12.5 Å². The molecule has 0 radical (unpaired) electrons. The minimum Gasteiger partial charge on any atom is -0.353 e. The van der Waals surface area contributed by atoms with Crippen molar-refractivity contribution < 1.29 is 4.79 Å². The van der Waals surface area contributed by atoms with Crippen LogP contribution in [0.3, 0.4) is 0 Å². The molecule has 0 aliphatic carbocycles. The molecule has 3 rings (SSSR count). The second-order valence-electron chi connectivity index (χ2n) is 5.95. The summed E-state index contributed by atoms with van der Waals surface area (Å²) >= 11 is 0. The van der Waals surface area contributed by atoms with Crippen molar-refractivity contribution in [2.45, 2.75) is 6.42 Å². The third-order valence-corrected chi connectivity index (χ3v) is 4.25. The van der Waals surface area contributed by atoms with Gasteiger partial charge in [-0.05, 0) is 20.0 Å². The van der Waals surface area contributed by atoms with E-state index in [1.165, 1.54) is 0 Å². The predicted octanol–water partition coefficient (Wildman–Crippen LogP) is 1.13. The molecule has 6 heteroatoms. The Morgan fingerprint density at radius 3 is 2.79 bits per heavy atom. The van der Waals surface area contributed by atoms with Gasteiger partial charge in [0.25, 0.3) is 5.91 Å². The number of aromatic nitrogens is 2. The molecule has 1 aromatic carbocycles. The molecule has 2 aromatic rings. The van der Waals surface area contributed by atoms with Crippen LogP contribution in [-0.2, 0) is 0 Å². The minimum atomic E-state index is -0.293. The van der Waals surface area contributed by atoms with Crippen LogP contribution in [0.25, 0.3) is 10.8 Å². The first-order valence-electron chi connectivity index (χ1n) is 8.11. The summed E-state index contributed by atoms with van der Waals surface area (Å²) in [4.78, 5) is 16.8. The molecule has 1 amide bonds. The van der Waals surface area contributed by atoms with E-state index in [2.05, 4.69) is 38.3 Å². The van der Waals surface area contributed by atoms with Gasteiger partial charge in [0.05, 0.1) is 6.54 Å². The lowest BCUT2D eigenvalue weighted by Crippen LogP contribution is -2.30.